The molecule has 0 saturated carbocycles. The first-order valence-corrected chi connectivity index (χ1v) is 7.39. The minimum atomic E-state index is -4.67. The number of alkyl halides is 3. The second kappa shape index (κ2) is 6.90. The summed E-state index contributed by atoms with van der Waals surface area (Å²) in [7, 11) is 0. The van der Waals surface area contributed by atoms with Crippen molar-refractivity contribution in [3.05, 3.63) is 57.6 Å². The monoisotopic (exact) mass is 367 g/mol. The maximum Gasteiger partial charge on any atom is 0.416 e. The van der Waals surface area contributed by atoms with E-state index >= 15 is 0 Å². The van der Waals surface area contributed by atoms with E-state index in [1.165, 1.54) is 6.21 Å². The molecule has 26 heavy (non-hydrogen) atoms. The predicted octanol–water partition coefficient (Wildman–Crippen LogP) is 3.83. The molecule has 0 spiro atoms. The molecule has 10 heteroatoms. The van der Waals surface area contributed by atoms with Gasteiger partial charge in [-0.15, -0.1) is 0 Å². The minimum absolute atomic E-state index is 0.156. The normalized spacial score (nSPS) is 13.7. The number of nitrogens with zero attached hydrogens (tertiary/aromatic N) is 2. The van der Waals surface area contributed by atoms with E-state index in [-0.39, 0.29) is 5.69 Å². The van der Waals surface area contributed by atoms with Crippen LogP contribution in [0.5, 0.6) is 11.5 Å². The Bertz CT molecular complexity index is 868. The van der Waals surface area contributed by atoms with Gasteiger partial charge < -0.3 is 9.47 Å². The standard InChI is InChI=1S/C16H12F3N3O4/c17-16(18,19)11-2-3-12(13(8-11)22(23)24)21-20-9-10-1-4-14-15(7-10)26-6-5-25-14/h1-4,7-9,21H,5-6H2. The van der Waals surface area contributed by atoms with Gasteiger partial charge in [0.1, 0.15) is 18.9 Å². The number of nitro benzene ring substituents is 1. The molecule has 0 aliphatic carbocycles. The smallest absolute Gasteiger partial charge is 0.416 e. The molecular weight excluding hydrogens is 355 g/mol. The van der Waals surface area contributed by atoms with E-state index in [0.717, 1.165) is 12.1 Å². The molecule has 0 unspecified atom stereocenters. The third-order valence-corrected chi connectivity index (χ3v) is 3.49. The third-order valence-electron chi connectivity index (χ3n) is 3.49. The third kappa shape index (κ3) is 3.85. The number of nitro groups is 1. The Morgan fingerprint density at radius 3 is 2.54 bits per heavy atom. The first-order chi connectivity index (χ1) is 12.3. The largest absolute Gasteiger partial charge is 0.486 e. The van der Waals surface area contributed by atoms with Crippen molar-refractivity contribution < 1.29 is 27.6 Å². The van der Waals surface area contributed by atoms with Crippen molar-refractivity contribution in [2.45, 2.75) is 6.18 Å². The number of nitrogens with one attached hydrogen (secondary N) is 1. The summed E-state index contributed by atoms with van der Waals surface area (Å²) in [5.74, 6) is 1.14. The van der Waals surface area contributed by atoms with Crippen molar-refractivity contribution >= 4 is 17.6 Å². The van der Waals surface area contributed by atoms with Crippen LogP contribution in [-0.4, -0.2) is 24.4 Å². The maximum atomic E-state index is 12.7. The van der Waals surface area contributed by atoms with E-state index in [1.807, 2.05) is 0 Å². The Kier molecular flexibility index (Phi) is 4.65. The van der Waals surface area contributed by atoms with E-state index in [9.17, 15) is 23.3 Å². The highest BCUT2D eigenvalue weighted by molar-refractivity contribution is 5.82. The number of fused-ring (bicyclic) bond motifs is 1. The molecule has 136 valence electrons. The van der Waals surface area contributed by atoms with E-state index in [1.54, 1.807) is 18.2 Å². The lowest BCUT2D eigenvalue weighted by Crippen LogP contribution is -2.15. The number of hydrogen-bond donors (Lipinski definition) is 1. The van der Waals surface area contributed by atoms with Crippen LogP contribution >= 0.6 is 0 Å². The molecule has 2 aromatic rings. The van der Waals surface area contributed by atoms with Gasteiger partial charge in [-0.3, -0.25) is 15.5 Å². The quantitative estimate of drug-likeness (QED) is 0.504. The fourth-order valence-corrected chi connectivity index (χ4v) is 2.27. The Hall–Kier alpha value is -3.30. The van der Waals surface area contributed by atoms with Crippen LogP contribution < -0.4 is 14.9 Å². The number of benzene rings is 2. The fourth-order valence-electron chi connectivity index (χ4n) is 2.27. The van der Waals surface area contributed by atoms with Crippen molar-refractivity contribution in [1.29, 1.82) is 0 Å². The zero-order chi connectivity index (χ0) is 18.7. The summed E-state index contributed by atoms with van der Waals surface area (Å²) in [6.45, 7) is 0.878. The van der Waals surface area contributed by atoms with Crippen LogP contribution in [0.1, 0.15) is 11.1 Å². The molecular formula is C16H12F3N3O4. The van der Waals surface area contributed by atoms with Crippen LogP contribution in [0.25, 0.3) is 0 Å². The topological polar surface area (TPSA) is 86.0 Å². The maximum absolute atomic E-state index is 12.7. The summed E-state index contributed by atoms with van der Waals surface area (Å²) >= 11 is 0. The molecule has 0 amide bonds. The van der Waals surface area contributed by atoms with E-state index in [4.69, 9.17) is 9.47 Å². The first-order valence-electron chi connectivity index (χ1n) is 7.39. The van der Waals surface area contributed by atoms with Crippen molar-refractivity contribution in [3.8, 4) is 11.5 Å². The molecule has 1 aliphatic rings. The number of ether oxygens (including phenoxy) is 2. The van der Waals surface area contributed by atoms with Crippen molar-refractivity contribution in [2.75, 3.05) is 18.6 Å². The van der Waals surface area contributed by atoms with E-state index in [2.05, 4.69) is 10.5 Å². The number of halogens is 3. The number of hydrogen-bond acceptors (Lipinski definition) is 6. The zero-order valence-electron chi connectivity index (χ0n) is 13.1. The second-order valence-electron chi connectivity index (χ2n) is 5.26. The Balaban J connectivity index is 1.78. The van der Waals surface area contributed by atoms with Gasteiger partial charge in [-0.25, -0.2) is 0 Å². The average Bonchev–Trinajstić information content (AvgIpc) is 2.60. The highest BCUT2D eigenvalue weighted by Crippen LogP contribution is 2.35. The van der Waals surface area contributed by atoms with Crippen LogP contribution in [-0.2, 0) is 6.18 Å². The van der Waals surface area contributed by atoms with Gasteiger partial charge in [0.2, 0.25) is 0 Å². The molecule has 7 nitrogen and oxygen atoms in total. The van der Waals surface area contributed by atoms with Gasteiger partial charge in [-0.05, 0) is 35.9 Å². The van der Waals surface area contributed by atoms with Crippen LogP contribution in [0, 0.1) is 10.1 Å². The first kappa shape index (κ1) is 17.5. The van der Waals surface area contributed by atoms with Crippen LogP contribution in [0.4, 0.5) is 24.5 Å². The van der Waals surface area contributed by atoms with Gasteiger partial charge in [0, 0.05) is 6.07 Å². The van der Waals surface area contributed by atoms with Gasteiger partial charge in [0.25, 0.3) is 5.69 Å². The summed E-state index contributed by atoms with van der Waals surface area (Å²) in [6.07, 6.45) is -3.31. The van der Waals surface area contributed by atoms with Gasteiger partial charge >= 0.3 is 6.18 Å². The Morgan fingerprint density at radius 2 is 1.85 bits per heavy atom. The van der Waals surface area contributed by atoms with Crippen LogP contribution in [0.3, 0.4) is 0 Å². The molecule has 1 aliphatic heterocycles. The molecule has 3 rings (SSSR count). The van der Waals surface area contributed by atoms with Gasteiger partial charge in [0.05, 0.1) is 16.7 Å². The van der Waals surface area contributed by atoms with Gasteiger partial charge in [-0.1, -0.05) is 0 Å². The molecule has 1 N–H and O–H groups in total. The van der Waals surface area contributed by atoms with Crippen LogP contribution in [0.15, 0.2) is 41.5 Å². The number of rotatable bonds is 4. The van der Waals surface area contributed by atoms with E-state index < -0.39 is 22.4 Å². The SMILES string of the molecule is O=[N+]([O-])c1cc(C(F)(F)F)ccc1NN=Cc1ccc2c(c1)OCCO2. The summed E-state index contributed by atoms with van der Waals surface area (Å²) in [5, 5.41) is 14.8. The molecule has 2 aromatic carbocycles. The second-order valence-corrected chi connectivity index (χ2v) is 5.26. The summed E-state index contributed by atoms with van der Waals surface area (Å²) < 4.78 is 48.8. The highest BCUT2D eigenvalue weighted by Gasteiger charge is 2.33. The van der Waals surface area contributed by atoms with Gasteiger partial charge in [-0.2, -0.15) is 18.3 Å². The van der Waals surface area contributed by atoms with Crippen molar-refractivity contribution in [1.82, 2.24) is 0 Å². The lowest BCUT2D eigenvalue weighted by atomic mass is 10.1. The van der Waals surface area contributed by atoms with Crippen LogP contribution in [0.2, 0.25) is 0 Å². The fraction of sp³-hybridized carbons (Fsp3) is 0.188. The Labute approximate surface area is 145 Å². The minimum Gasteiger partial charge on any atom is -0.486 e. The van der Waals surface area contributed by atoms with Crippen molar-refractivity contribution in [2.24, 2.45) is 5.10 Å². The lowest BCUT2D eigenvalue weighted by Gasteiger charge is -2.18. The van der Waals surface area contributed by atoms with Crippen molar-refractivity contribution in [3.63, 3.8) is 0 Å². The molecule has 0 fully saturated rings. The molecule has 0 radical (unpaired) electrons. The summed E-state index contributed by atoms with van der Waals surface area (Å²) in [5.41, 5.74) is 1.03. The summed E-state index contributed by atoms with van der Waals surface area (Å²) in [4.78, 5) is 10.1. The number of hydrazone groups is 1. The molecule has 0 atom stereocenters. The Morgan fingerprint density at radius 1 is 1.12 bits per heavy atom. The average molecular weight is 367 g/mol. The molecule has 0 aromatic heterocycles. The van der Waals surface area contributed by atoms with E-state index in [0.29, 0.717) is 36.3 Å². The van der Waals surface area contributed by atoms with Gasteiger partial charge in [0.15, 0.2) is 11.5 Å². The molecule has 0 saturated heterocycles. The zero-order valence-corrected chi connectivity index (χ0v) is 13.1. The lowest BCUT2D eigenvalue weighted by molar-refractivity contribution is -0.384. The molecule has 0 bridgehead atoms. The number of anilines is 1. The summed E-state index contributed by atoms with van der Waals surface area (Å²) in [6, 6.07) is 7.22. The highest BCUT2D eigenvalue weighted by atomic mass is 19.4. The molecule has 1 heterocycles. The predicted molar refractivity (Wildman–Crippen MR) is 86.7 cm³/mol.